The quantitative estimate of drug-likeness (QED) is 0.742. The number of nitrogens with one attached hydrogen (secondary N) is 1. The van der Waals surface area contributed by atoms with Gasteiger partial charge in [-0.2, -0.15) is 0 Å². The summed E-state index contributed by atoms with van der Waals surface area (Å²) in [6.07, 6.45) is 0.997. The number of ether oxygens (including phenoxy) is 2. The molecule has 1 atom stereocenters. The fraction of sp³-hybridized carbons (Fsp3) is 0.278. The third-order valence-corrected chi connectivity index (χ3v) is 5.21. The first-order valence-electron chi connectivity index (χ1n) is 8.54. The number of anilines is 2. The molecule has 29 heavy (non-hydrogen) atoms. The fourth-order valence-electron chi connectivity index (χ4n) is 3.50. The normalized spacial score (nSPS) is 18.1. The maximum atomic E-state index is 14.1. The summed E-state index contributed by atoms with van der Waals surface area (Å²) in [6, 6.07) is 5.64. The summed E-state index contributed by atoms with van der Waals surface area (Å²) >= 11 is 0. The molecule has 2 aromatic rings. The Bertz CT molecular complexity index is 1120. The summed E-state index contributed by atoms with van der Waals surface area (Å²) in [5, 5.41) is 2.91. The van der Waals surface area contributed by atoms with Gasteiger partial charge >= 0.3 is 0 Å². The maximum absolute atomic E-state index is 14.1. The molecular formula is C18H16FN3O6S. The van der Waals surface area contributed by atoms with E-state index in [1.54, 1.807) is 0 Å². The Kier molecular flexibility index (Phi) is 4.71. The van der Waals surface area contributed by atoms with Crippen LogP contribution in [-0.2, 0) is 32.7 Å². The van der Waals surface area contributed by atoms with Crippen LogP contribution in [0, 0.1) is 10.7 Å². The number of carbonyl (C=O) groups is 1. The lowest BCUT2D eigenvalue weighted by molar-refractivity contribution is -0.119. The van der Waals surface area contributed by atoms with Crippen LogP contribution in [0.2, 0.25) is 0 Å². The number of hydrogen-bond donors (Lipinski definition) is 1. The van der Waals surface area contributed by atoms with Crippen LogP contribution >= 0.6 is 0 Å². The number of benzene rings is 2. The monoisotopic (exact) mass is 421 g/mol. The third kappa shape index (κ3) is 3.66. The minimum Gasteiger partial charge on any atom is -0.467 e. The molecule has 0 aliphatic carbocycles. The van der Waals surface area contributed by atoms with Crippen molar-refractivity contribution in [3.05, 3.63) is 57.7 Å². The van der Waals surface area contributed by atoms with Crippen LogP contribution in [-0.4, -0.2) is 27.4 Å². The van der Waals surface area contributed by atoms with Crippen LogP contribution in [0.4, 0.5) is 15.8 Å². The van der Waals surface area contributed by atoms with E-state index >= 15 is 0 Å². The Balaban J connectivity index is 1.76. The molecule has 2 aromatic carbocycles. The minimum absolute atomic E-state index is 0.00287. The van der Waals surface area contributed by atoms with Crippen LogP contribution < -0.4 is 14.4 Å². The molecular weight excluding hydrogens is 405 g/mol. The maximum Gasteiger partial charge on any atom is 0.260 e. The standard InChI is InChI=1S/C18H16FN3O6S/c1-29(25,26)21-13-2-3-14-15(6-13)22(18(23)16(14)20-24)7-10-4-12(19)5-11-8-27-9-28-17(10)11/h2-6,16,21H,7-9H2,1H3. The average Bonchev–Trinajstić information content (AvgIpc) is 2.91. The highest BCUT2D eigenvalue weighted by Crippen LogP contribution is 2.42. The van der Waals surface area contributed by atoms with E-state index in [0.29, 0.717) is 28.1 Å². The molecule has 0 fully saturated rings. The van der Waals surface area contributed by atoms with Gasteiger partial charge in [-0.05, 0) is 24.3 Å². The Labute approximate surface area is 165 Å². The summed E-state index contributed by atoms with van der Waals surface area (Å²) in [4.78, 5) is 25.3. The second-order valence-corrected chi connectivity index (χ2v) is 8.49. The Morgan fingerprint density at radius 3 is 2.83 bits per heavy atom. The van der Waals surface area contributed by atoms with Crippen LogP contribution in [0.5, 0.6) is 5.75 Å². The van der Waals surface area contributed by atoms with Crippen molar-refractivity contribution in [2.75, 3.05) is 22.7 Å². The predicted molar refractivity (Wildman–Crippen MR) is 101 cm³/mol. The number of nitroso groups, excluding NO2 is 1. The van der Waals surface area contributed by atoms with E-state index < -0.39 is 27.8 Å². The topological polar surface area (TPSA) is 114 Å². The molecule has 152 valence electrons. The van der Waals surface area contributed by atoms with E-state index in [0.717, 1.165) is 6.26 Å². The summed E-state index contributed by atoms with van der Waals surface area (Å²) in [6.45, 7) is 0.0863. The van der Waals surface area contributed by atoms with Gasteiger partial charge in [0.25, 0.3) is 5.91 Å². The van der Waals surface area contributed by atoms with Crippen molar-refractivity contribution >= 4 is 27.3 Å². The highest BCUT2D eigenvalue weighted by Gasteiger charge is 2.39. The first-order chi connectivity index (χ1) is 13.8. The highest BCUT2D eigenvalue weighted by atomic mass is 32.2. The summed E-state index contributed by atoms with van der Waals surface area (Å²) in [5.74, 6) is -0.686. The molecule has 0 spiro atoms. The van der Waals surface area contributed by atoms with Gasteiger partial charge in [0.05, 0.1) is 30.8 Å². The molecule has 0 bridgehead atoms. The zero-order chi connectivity index (χ0) is 20.8. The molecule has 2 aliphatic heterocycles. The summed E-state index contributed by atoms with van der Waals surface area (Å²) in [7, 11) is -3.54. The van der Waals surface area contributed by atoms with Gasteiger partial charge in [-0.3, -0.25) is 9.52 Å². The largest absolute Gasteiger partial charge is 0.467 e. The second kappa shape index (κ2) is 7.08. The van der Waals surface area contributed by atoms with Crippen LogP contribution in [0.25, 0.3) is 0 Å². The SMILES string of the molecule is CS(=O)(=O)Nc1ccc2c(c1)N(Cc1cc(F)cc3c1OCOC3)C(=O)C2N=O. The van der Waals surface area contributed by atoms with Crippen LogP contribution in [0.1, 0.15) is 22.7 Å². The molecule has 9 nitrogen and oxygen atoms in total. The van der Waals surface area contributed by atoms with Gasteiger partial charge in [-0.15, -0.1) is 4.91 Å². The van der Waals surface area contributed by atoms with Gasteiger partial charge in [0, 0.05) is 16.7 Å². The molecule has 4 rings (SSSR count). The average molecular weight is 421 g/mol. The van der Waals surface area contributed by atoms with Gasteiger partial charge in [0.2, 0.25) is 10.0 Å². The fourth-order valence-corrected chi connectivity index (χ4v) is 4.05. The van der Waals surface area contributed by atoms with Gasteiger partial charge in [-0.1, -0.05) is 11.2 Å². The highest BCUT2D eigenvalue weighted by molar-refractivity contribution is 7.92. The number of carbonyl (C=O) groups excluding carboxylic acids is 1. The van der Waals surface area contributed by atoms with Crippen molar-refractivity contribution in [2.24, 2.45) is 5.18 Å². The lowest BCUT2D eigenvalue weighted by atomic mass is 10.1. The predicted octanol–water partition coefficient (Wildman–Crippen LogP) is 2.42. The number of rotatable bonds is 5. The molecule has 2 aliphatic rings. The molecule has 1 N–H and O–H groups in total. The van der Waals surface area contributed by atoms with E-state index in [2.05, 4.69) is 9.90 Å². The van der Waals surface area contributed by atoms with Crippen molar-refractivity contribution in [2.45, 2.75) is 19.2 Å². The van der Waals surface area contributed by atoms with Gasteiger partial charge < -0.3 is 14.4 Å². The molecule has 0 radical (unpaired) electrons. The Morgan fingerprint density at radius 1 is 1.31 bits per heavy atom. The van der Waals surface area contributed by atoms with Crippen LogP contribution in [0.3, 0.4) is 0 Å². The number of nitrogens with zero attached hydrogens (tertiary/aromatic N) is 2. The molecule has 1 unspecified atom stereocenters. The zero-order valence-corrected chi connectivity index (χ0v) is 16.0. The van der Waals surface area contributed by atoms with Gasteiger partial charge in [0.1, 0.15) is 11.6 Å². The van der Waals surface area contributed by atoms with E-state index in [4.69, 9.17) is 9.47 Å². The summed E-state index contributed by atoms with van der Waals surface area (Å²) in [5.41, 5.74) is 1.80. The smallest absolute Gasteiger partial charge is 0.260 e. The van der Waals surface area contributed by atoms with E-state index in [1.165, 1.54) is 35.2 Å². The lowest BCUT2D eigenvalue weighted by Gasteiger charge is -2.24. The first kappa shape index (κ1) is 19.3. The number of fused-ring (bicyclic) bond motifs is 2. The van der Waals surface area contributed by atoms with Crippen LogP contribution in [0.15, 0.2) is 35.5 Å². The van der Waals surface area contributed by atoms with E-state index in [9.17, 15) is 22.5 Å². The Hall–Kier alpha value is -3.05. The van der Waals surface area contributed by atoms with Gasteiger partial charge in [0.15, 0.2) is 12.8 Å². The van der Waals surface area contributed by atoms with Crippen molar-refractivity contribution in [1.82, 2.24) is 0 Å². The number of sulfonamides is 1. The van der Waals surface area contributed by atoms with Crippen molar-refractivity contribution in [3.63, 3.8) is 0 Å². The summed E-state index contributed by atoms with van der Waals surface area (Å²) < 4.78 is 50.1. The minimum atomic E-state index is -3.54. The van der Waals surface area contributed by atoms with Crippen molar-refractivity contribution in [1.29, 1.82) is 0 Å². The molecule has 0 saturated carbocycles. The molecule has 0 saturated heterocycles. The number of amides is 1. The van der Waals surface area contributed by atoms with Crippen molar-refractivity contribution in [3.8, 4) is 5.75 Å². The van der Waals surface area contributed by atoms with Gasteiger partial charge in [-0.25, -0.2) is 12.8 Å². The number of halogens is 1. The van der Waals surface area contributed by atoms with E-state index in [1.807, 2.05) is 0 Å². The molecule has 2 heterocycles. The molecule has 11 heteroatoms. The van der Waals surface area contributed by atoms with E-state index in [-0.39, 0.29) is 25.6 Å². The molecule has 0 aromatic heterocycles. The number of hydrogen-bond acceptors (Lipinski definition) is 7. The first-order valence-corrected chi connectivity index (χ1v) is 10.4. The van der Waals surface area contributed by atoms with Crippen molar-refractivity contribution < 1.29 is 27.1 Å². The Morgan fingerprint density at radius 2 is 2.10 bits per heavy atom. The second-order valence-electron chi connectivity index (χ2n) is 6.74. The molecule has 1 amide bonds. The lowest BCUT2D eigenvalue weighted by Crippen LogP contribution is -2.28. The third-order valence-electron chi connectivity index (χ3n) is 4.60. The zero-order valence-electron chi connectivity index (χ0n) is 15.2.